The number of aromatic nitrogens is 3. The first-order valence-corrected chi connectivity index (χ1v) is 15.5. The maximum Gasteiger partial charge on any atom is 0.330 e. The van der Waals surface area contributed by atoms with E-state index in [4.69, 9.17) is 4.74 Å². The Morgan fingerprint density at radius 3 is 2.68 bits per heavy atom. The number of esters is 1. The number of hydrogen-bond acceptors (Lipinski definition) is 9. The van der Waals surface area contributed by atoms with Gasteiger partial charge in [0.25, 0.3) is 10.0 Å². The van der Waals surface area contributed by atoms with Crippen molar-refractivity contribution in [2.24, 2.45) is 13.0 Å². The molecule has 0 aromatic carbocycles. The van der Waals surface area contributed by atoms with Gasteiger partial charge in [0, 0.05) is 51.5 Å². The summed E-state index contributed by atoms with van der Waals surface area (Å²) in [4.78, 5) is 46.5. The number of amides is 2. The second kappa shape index (κ2) is 13.4. The maximum absolute atomic E-state index is 12.8. The number of carbonyl (C=O) groups is 3. The van der Waals surface area contributed by atoms with Crippen LogP contribution in [0.3, 0.4) is 0 Å². The molecule has 2 aromatic rings. The molecule has 224 valence electrons. The molecule has 1 unspecified atom stereocenters. The Balaban J connectivity index is 1.21. The first kappa shape index (κ1) is 30.4. The lowest BCUT2D eigenvalue weighted by atomic mass is 10.0. The molecule has 0 aliphatic carbocycles. The fraction of sp³-hybridized carbons (Fsp3) is 0.593. The molecule has 0 saturated carbocycles. The van der Waals surface area contributed by atoms with Gasteiger partial charge < -0.3 is 25.3 Å². The number of carbonyl (C=O) groups excluding carboxylic acids is 3. The number of sulfonamides is 1. The molecule has 1 saturated heterocycles. The van der Waals surface area contributed by atoms with E-state index in [1.807, 2.05) is 6.07 Å². The summed E-state index contributed by atoms with van der Waals surface area (Å²) in [6.45, 7) is 4.22. The molecule has 2 aromatic heterocycles. The number of rotatable bonds is 13. The smallest absolute Gasteiger partial charge is 0.330 e. The van der Waals surface area contributed by atoms with Gasteiger partial charge in [-0.1, -0.05) is 6.07 Å². The van der Waals surface area contributed by atoms with Crippen LogP contribution in [0.25, 0.3) is 0 Å². The first-order valence-electron chi connectivity index (χ1n) is 14.0. The molecule has 1 fully saturated rings. The minimum absolute atomic E-state index is 0.0270. The predicted molar refractivity (Wildman–Crippen MR) is 150 cm³/mol. The molecule has 13 nitrogen and oxygen atoms in total. The van der Waals surface area contributed by atoms with Crippen LogP contribution in [0.2, 0.25) is 0 Å². The molecule has 4 rings (SSSR count). The van der Waals surface area contributed by atoms with Crippen LogP contribution in [0.15, 0.2) is 23.4 Å². The Bertz CT molecular complexity index is 1350. The van der Waals surface area contributed by atoms with Gasteiger partial charge in [-0.3, -0.25) is 9.59 Å². The lowest BCUT2D eigenvalue weighted by molar-refractivity contribution is -0.148. The molecule has 41 heavy (non-hydrogen) atoms. The lowest BCUT2D eigenvalue weighted by Gasteiger charge is -2.37. The topological polar surface area (TPSA) is 165 Å². The van der Waals surface area contributed by atoms with Crippen LogP contribution in [-0.4, -0.2) is 83.9 Å². The van der Waals surface area contributed by atoms with Gasteiger partial charge in [0.15, 0.2) is 5.03 Å². The number of ether oxygens (including phenoxy) is 1. The van der Waals surface area contributed by atoms with Gasteiger partial charge in [0.1, 0.15) is 17.7 Å². The summed E-state index contributed by atoms with van der Waals surface area (Å²) in [6, 6.07) is 3.07. The van der Waals surface area contributed by atoms with Crippen molar-refractivity contribution in [3.8, 4) is 0 Å². The molecule has 2 aliphatic heterocycles. The number of nitrogens with zero attached hydrogens (tertiary/aromatic N) is 4. The van der Waals surface area contributed by atoms with Crippen molar-refractivity contribution in [1.29, 1.82) is 0 Å². The number of aryl methyl sites for hydroxylation is 4. The fourth-order valence-corrected chi connectivity index (χ4v) is 6.27. The number of fused-ring (bicyclic) bond motifs is 1. The second-order valence-electron chi connectivity index (χ2n) is 10.4. The highest BCUT2D eigenvalue weighted by atomic mass is 32.2. The quantitative estimate of drug-likeness (QED) is 0.225. The zero-order valence-electron chi connectivity index (χ0n) is 23.8. The van der Waals surface area contributed by atoms with Crippen molar-refractivity contribution in [3.63, 3.8) is 0 Å². The fourth-order valence-electron chi connectivity index (χ4n) is 4.71. The van der Waals surface area contributed by atoms with Crippen LogP contribution in [0.5, 0.6) is 0 Å². The summed E-state index contributed by atoms with van der Waals surface area (Å²) in [5.74, 6) is -0.497. The summed E-state index contributed by atoms with van der Waals surface area (Å²) in [5.41, 5.74) is 2.22. The third-order valence-corrected chi connectivity index (χ3v) is 9.04. The number of pyridine rings is 1. The highest BCUT2D eigenvalue weighted by Gasteiger charge is 2.42. The minimum Gasteiger partial charge on any atom is -0.464 e. The van der Waals surface area contributed by atoms with Crippen LogP contribution in [0.1, 0.15) is 49.7 Å². The van der Waals surface area contributed by atoms with Crippen LogP contribution >= 0.6 is 0 Å². The van der Waals surface area contributed by atoms with E-state index in [1.54, 1.807) is 25.5 Å². The predicted octanol–water partition coefficient (Wildman–Crippen LogP) is 0.679. The number of unbranched alkanes of at least 4 members (excludes halogenated alkanes) is 1. The number of anilines is 1. The van der Waals surface area contributed by atoms with Crippen LogP contribution in [0, 0.1) is 12.8 Å². The van der Waals surface area contributed by atoms with Gasteiger partial charge in [0.2, 0.25) is 11.8 Å². The van der Waals surface area contributed by atoms with E-state index >= 15 is 0 Å². The average Bonchev–Trinajstić information content (AvgIpc) is 3.26. The van der Waals surface area contributed by atoms with E-state index in [9.17, 15) is 22.8 Å². The normalized spacial score (nSPS) is 16.2. The average molecular weight is 590 g/mol. The summed E-state index contributed by atoms with van der Waals surface area (Å²) < 4.78 is 33.4. The molecule has 1 atom stereocenters. The zero-order chi connectivity index (χ0) is 29.6. The highest BCUT2D eigenvalue weighted by molar-refractivity contribution is 7.89. The van der Waals surface area contributed by atoms with Gasteiger partial charge in [-0.05, 0) is 57.6 Å². The molecule has 14 heteroatoms. The summed E-state index contributed by atoms with van der Waals surface area (Å²) >= 11 is 0. The number of hydrogen-bond donors (Lipinski definition) is 3. The third kappa shape index (κ3) is 7.61. The van der Waals surface area contributed by atoms with Crippen LogP contribution < -0.4 is 16.0 Å². The van der Waals surface area contributed by atoms with E-state index in [0.29, 0.717) is 12.2 Å². The van der Waals surface area contributed by atoms with Crippen LogP contribution in [-0.2, 0) is 49.0 Å². The van der Waals surface area contributed by atoms with E-state index in [-0.39, 0.29) is 43.6 Å². The van der Waals surface area contributed by atoms with Crippen molar-refractivity contribution in [2.45, 2.75) is 63.4 Å². The maximum atomic E-state index is 12.8. The molecule has 2 amide bonds. The van der Waals surface area contributed by atoms with Gasteiger partial charge in [0.05, 0.1) is 12.5 Å². The number of nitrogens with one attached hydrogen (secondary N) is 3. The Labute approximate surface area is 240 Å². The van der Waals surface area contributed by atoms with Gasteiger partial charge in [-0.25, -0.2) is 23.2 Å². The van der Waals surface area contributed by atoms with Gasteiger partial charge in [-0.15, -0.1) is 0 Å². The highest BCUT2D eigenvalue weighted by Crippen LogP contribution is 2.25. The summed E-state index contributed by atoms with van der Waals surface area (Å²) in [6.07, 6.45) is 6.05. The Kier molecular flexibility index (Phi) is 9.97. The molecular weight excluding hydrogens is 550 g/mol. The Hall–Kier alpha value is -3.52. The first-order chi connectivity index (χ1) is 19.6. The zero-order valence-corrected chi connectivity index (χ0v) is 24.6. The molecular formula is C27H39N7O6S. The van der Waals surface area contributed by atoms with E-state index in [2.05, 4.69) is 32.0 Å². The van der Waals surface area contributed by atoms with Crippen LogP contribution in [0.4, 0.5) is 5.82 Å². The van der Waals surface area contributed by atoms with E-state index in [0.717, 1.165) is 43.7 Å². The molecule has 2 aliphatic rings. The van der Waals surface area contributed by atoms with Crippen molar-refractivity contribution in [2.75, 3.05) is 38.1 Å². The monoisotopic (exact) mass is 589 g/mol. The van der Waals surface area contributed by atoms with Crippen molar-refractivity contribution in [3.05, 3.63) is 35.4 Å². The van der Waals surface area contributed by atoms with E-state index in [1.165, 1.54) is 16.1 Å². The third-order valence-electron chi connectivity index (χ3n) is 7.34. The second-order valence-corrected chi connectivity index (χ2v) is 12.3. The Morgan fingerprint density at radius 1 is 1.20 bits per heavy atom. The standard InChI is InChI=1S/C27H39N7O6S/c1-4-40-27(37)22(32-26(36)20-15-34(16-20)41(38,39)24-17-33(3)18(2)30-24)14-29-23(35)10-6-5-9-21-12-11-19-8-7-13-28-25(19)31-21/h11-12,17,20,22H,4-10,13-16H2,1-3H3,(H,28,31)(H,29,35)(H,32,36). The molecule has 4 heterocycles. The largest absolute Gasteiger partial charge is 0.464 e. The molecule has 3 N–H and O–H groups in total. The van der Waals surface area contributed by atoms with Crippen molar-refractivity contribution >= 4 is 33.6 Å². The molecule has 0 spiro atoms. The molecule has 0 radical (unpaired) electrons. The van der Waals surface area contributed by atoms with Crippen molar-refractivity contribution < 1.29 is 27.5 Å². The SMILES string of the molecule is CCOC(=O)C(CNC(=O)CCCCc1ccc2c(n1)NCCC2)NC(=O)C1CN(S(=O)(=O)c2cn(C)c(C)n2)C1. The number of imidazole rings is 1. The van der Waals surface area contributed by atoms with Crippen molar-refractivity contribution in [1.82, 2.24) is 29.5 Å². The minimum atomic E-state index is -3.81. The van der Waals surface area contributed by atoms with E-state index < -0.39 is 33.9 Å². The van der Waals surface area contributed by atoms with Gasteiger partial charge in [-0.2, -0.15) is 4.31 Å². The van der Waals surface area contributed by atoms with Gasteiger partial charge >= 0.3 is 5.97 Å². The lowest BCUT2D eigenvalue weighted by Crippen LogP contribution is -2.59. The summed E-state index contributed by atoms with van der Waals surface area (Å²) in [5, 5.41) is 8.58. The summed E-state index contributed by atoms with van der Waals surface area (Å²) in [7, 11) is -2.11. The Morgan fingerprint density at radius 2 is 1.98 bits per heavy atom. The molecule has 0 bridgehead atoms.